The molecule has 194 valence electrons. The highest BCUT2D eigenvalue weighted by molar-refractivity contribution is 7.98. The standard InChI is InChI=1S/C27H35ClN4O3S/c1-3-35-26(34)21-13-15-32(16-14-21)25(33)20-11-9-19(10-12-20)18-36-27-29-23(28)17-24(30-27)31(2)22-7-5-4-6-8-22/h9-12,17,21-22H,3-8,13-16,18H2,1-2H3. The molecule has 0 atom stereocenters. The molecule has 1 saturated heterocycles. The molecule has 2 aromatic rings. The molecular formula is C27H35ClN4O3S. The number of aromatic nitrogens is 2. The number of benzene rings is 1. The summed E-state index contributed by atoms with van der Waals surface area (Å²) in [5, 5.41) is 1.11. The molecule has 0 unspecified atom stereocenters. The summed E-state index contributed by atoms with van der Waals surface area (Å²) in [6, 6.07) is 10.0. The largest absolute Gasteiger partial charge is 0.466 e. The molecule has 1 aromatic carbocycles. The van der Waals surface area contributed by atoms with Crippen LogP contribution in [0.3, 0.4) is 0 Å². The Morgan fingerprint density at radius 1 is 1.08 bits per heavy atom. The molecule has 1 saturated carbocycles. The first-order valence-electron chi connectivity index (χ1n) is 12.9. The summed E-state index contributed by atoms with van der Waals surface area (Å²) in [4.78, 5) is 38.1. The predicted octanol–water partition coefficient (Wildman–Crippen LogP) is 5.61. The maximum atomic E-state index is 12.9. The Bertz CT molecular complexity index is 1040. The summed E-state index contributed by atoms with van der Waals surface area (Å²) in [6.45, 7) is 3.35. The van der Waals surface area contributed by atoms with Gasteiger partial charge >= 0.3 is 5.97 Å². The van der Waals surface area contributed by atoms with E-state index in [0.29, 0.717) is 60.2 Å². The number of hydrogen-bond donors (Lipinski definition) is 0. The number of ether oxygens (including phenoxy) is 1. The summed E-state index contributed by atoms with van der Waals surface area (Å²) < 4.78 is 5.12. The number of anilines is 1. The smallest absolute Gasteiger partial charge is 0.309 e. The van der Waals surface area contributed by atoms with Gasteiger partial charge in [0.25, 0.3) is 5.91 Å². The Kier molecular flexibility index (Phi) is 9.48. The van der Waals surface area contributed by atoms with E-state index in [1.165, 1.54) is 32.1 Å². The molecule has 1 aromatic heterocycles. The first kappa shape index (κ1) is 26.7. The highest BCUT2D eigenvalue weighted by atomic mass is 35.5. The van der Waals surface area contributed by atoms with Crippen LogP contribution in [0.4, 0.5) is 5.82 Å². The fourth-order valence-corrected chi connectivity index (χ4v) is 5.98. The fraction of sp³-hybridized carbons (Fsp3) is 0.556. The van der Waals surface area contributed by atoms with Crippen LogP contribution in [0.1, 0.15) is 67.8 Å². The van der Waals surface area contributed by atoms with Crippen molar-refractivity contribution in [3.63, 3.8) is 0 Å². The van der Waals surface area contributed by atoms with Crippen molar-refractivity contribution in [2.45, 2.75) is 68.8 Å². The molecule has 1 amide bonds. The molecule has 7 nitrogen and oxygen atoms in total. The van der Waals surface area contributed by atoms with E-state index in [-0.39, 0.29) is 17.8 Å². The van der Waals surface area contributed by atoms with Crippen molar-refractivity contribution >= 4 is 41.1 Å². The van der Waals surface area contributed by atoms with Crippen LogP contribution in [0.5, 0.6) is 0 Å². The third kappa shape index (κ3) is 6.91. The number of likely N-dealkylation sites (tertiary alicyclic amines) is 1. The van der Waals surface area contributed by atoms with Crippen molar-refractivity contribution in [1.29, 1.82) is 0 Å². The number of halogens is 1. The van der Waals surface area contributed by atoms with E-state index in [0.717, 1.165) is 11.4 Å². The minimum absolute atomic E-state index is 0.00470. The number of thioether (sulfide) groups is 1. The average Bonchev–Trinajstić information content (AvgIpc) is 2.92. The predicted molar refractivity (Wildman–Crippen MR) is 144 cm³/mol. The second kappa shape index (κ2) is 12.8. The molecule has 0 radical (unpaired) electrons. The number of hydrogen-bond acceptors (Lipinski definition) is 7. The monoisotopic (exact) mass is 530 g/mol. The number of esters is 1. The maximum Gasteiger partial charge on any atom is 0.309 e. The second-order valence-corrected chi connectivity index (χ2v) is 10.9. The van der Waals surface area contributed by atoms with E-state index in [4.69, 9.17) is 21.3 Å². The zero-order valence-electron chi connectivity index (χ0n) is 21.1. The van der Waals surface area contributed by atoms with E-state index in [2.05, 4.69) is 16.9 Å². The summed E-state index contributed by atoms with van der Waals surface area (Å²) in [6.07, 6.45) is 7.52. The van der Waals surface area contributed by atoms with Crippen LogP contribution in [0.15, 0.2) is 35.5 Å². The van der Waals surface area contributed by atoms with Crippen LogP contribution in [0.25, 0.3) is 0 Å². The molecule has 2 aliphatic rings. The summed E-state index contributed by atoms with van der Waals surface area (Å²) in [7, 11) is 2.10. The SMILES string of the molecule is CCOC(=O)C1CCN(C(=O)c2ccc(CSc3nc(Cl)cc(N(C)C4CCCCC4)n3)cc2)CC1. The molecule has 9 heteroatoms. The van der Waals surface area contributed by atoms with Crippen LogP contribution in [-0.2, 0) is 15.3 Å². The number of piperidine rings is 1. The van der Waals surface area contributed by atoms with Gasteiger partial charge in [-0.2, -0.15) is 0 Å². The van der Waals surface area contributed by atoms with Crippen LogP contribution < -0.4 is 4.90 Å². The van der Waals surface area contributed by atoms with Crippen molar-refractivity contribution in [2.75, 3.05) is 31.6 Å². The van der Waals surface area contributed by atoms with Crippen LogP contribution >= 0.6 is 23.4 Å². The van der Waals surface area contributed by atoms with Gasteiger partial charge in [-0.3, -0.25) is 9.59 Å². The maximum absolute atomic E-state index is 12.9. The normalized spacial score (nSPS) is 17.1. The van der Waals surface area contributed by atoms with E-state index in [1.54, 1.807) is 11.8 Å². The van der Waals surface area contributed by atoms with Crippen molar-refractivity contribution < 1.29 is 14.3 Å². The van der Waals surface area contributed by atoms with Gasteiger partial charge in [0.2, 0.25) is 0 Å². The van der Waals surface area contributed by atoms with E-state index in [1.807, 2.05) is 42.2 Å². The van der Waals surface area contributed by atoms with Gasteiger partial charge in [-0.15, -0.1) is 0 Å². The Morgan fingerprint density at radius 2 is 1.78 bits per heavy atom. The van der Waals surface area contributed by atoms with Gasteiger partial charge in [-0.05, 0) is 50.3 Å². The quantitative estimate of drug-likeness (QED) is 0.190. The Hall–Kier alpha value is -2.32. The number of nitrogens with zero attached hydrogens (tertiary/aromatic N) is 4. The van der Waals surface area contributed by atoms with E-state index < -0.39 is 0 Å². The van der Waals surface area contributed by atoms with Crippen LogP contribution in [0, 0.1) is 5.92 Å². The van der Waals surface area contributed by atoms with Gasteiger partial charge in [0.15, 0.2) is 5.16 Å². The highest BCUT2D eigenvalue weighted by Gasteiger charge is 2.28. The molecule has 36 heavy (non-hydrogen) atoms. The Morgan fingerprint density at radius 3 is 2.44 bits per heavy atom. The van der Waals surface area contributed by atoms with Gasteiger partial charge in [0.05, 0.1) is 12.5 Å². The zero-order chi connectivity index (χ0) is 25.5. The first-order chi connectivity index (χ1) is 17.4. The Labute approximate surface area is 223 Å². The summed E-state index contributed by atoms with van der Waals surface area (Å²) in [5.74, 6) is 1.31. The second-order valence-electron chi connectivity index (χ2n) is 9.54. The molecule has 0 N–H and O–H groups in total. The molecule has 2 fully saturated rings. The number of carbonyl (C=O) groups is 2. The van der Waals surface area contributed by atoms with Gasteiger partial charge in [-0.25, -0.2) is 9.97 Å². The lowest BCUT2D eigenvalue weighted by Gasteiger charge is -2.32. The average molecular weight is 531 g/mol. The molecule has 0 bridgehead atoms. The summed E-state index contributed by atoms with van der Waals surface area (Å²) >= 11 is 7.87. The lowest BCUT2D eigenvalue weighted by atomic mass is 9.94. The van der Waals surface area contributed by atoms with Gasteiger partial charge in [0, 0.05) is 43.6 Å². The van der Waals surface area contributed by atoms with Crippen molar-refractivity contribution in [3.8, 4) is 0 Å². The topological polar surface area (TPSA) is 75.6 Å². The van der Waals surface area contributed by atoms with Gasteiger partial charge < -0.3 is 14.5 Å². The van der Waals surface area contributed by atoms with Crippen molar-refractivity contribution in [2.24, 2.45) is 5.92 Å². The highest BCUT2D eigenvalue weighted by Crippen LogP contribution is 2.29. The third-order valence-corrected chi connectivity index (χ3v) is 8.23. The molecule has 0 spiro atoms. The zero-order valence-corrected chi connectivity index (χ0v) is 22.7. The van der Waals surface area contributed by atoms with Crippen LogP contribution in [0.2, 0.25) is 5.15 Å². The third-order valence-electron chi connectivity index (χ3n) is 7.12. The fourth-order valence-electron chi connectivity index (χ4n) is 4.94. The molecular weight excluding hydrogens is 496 g/mol. The van der Waals surface area contributed by atoms with Gasteiger partial charge in [-0.1, -0.05) is 54.8 Å². The van der Waals surface area contributed by atoms with Crippen LogP contribution in [-0.4, -0.2) is 59.5 Å². The number of carbonyl (C=O) groups excluding carboxylic acids is 2. The molecule has 1 aliphatic carbocycles. The van der Waals surface area contributed by atoms with Crippen molar-refractivity contribution in [3.05, 3.63) is 46.6 Å². The number of amides is 1. The first-order valence-corrected chi connectivity index (χ1v) is 14.3. The lowest BCUT2D eigenvalue weighted by molar-refractivity contribution is -0.149. The molecule has 1 aliphatic heterocycles. The van der Waals surface area contributed by atoms with E-state index in [9.17, 15) is 9.59 Å². The minimum Gasteiger partial charge on any atom is -0.466 e. The summed E-state index contributed by atoms with van der Waals surface area (Å²) in [5.41, 5.74) is 1.75. The molecule has 4 rings (SSSR count). The minimum atomic E-state index is -0.150. The number of rotatable bonds is 8. The van der Waals surface area contributed by atoms with Crippen molar-refractivity contribution in [1.82, 2.24) is 14.9 Å². The Balaban J connectivity index is 1.31. The lowest BCUT2D eigenvalue weighted by Crippen LogP contribution is -2.40. The van der Waals surface area contributed by atoms with E-state index >= 15 is 0 Å². The van der Waals surface area contributed by atoms with Gasteiger partial charge in [0.1, 0.15) is 11.0 Å². The molecule has 2 heterocycles.